The van der Waals surface area contributed by atoms with Crippen LogP contribution in [0.25, 0.3) is 0 Å². The molecular formula is C11H18N6. The molecule has 0 aliphatic carbocycles. The first-order valence-corrected chi connectivity index (χ1v) is 5.84. The van der Waals surface area contributed by atoms with Crippen molar-refractivity contribution in [1.29, 1.82) is 0 Å². The van der Waals surface area contributed by atoms with Crippen LogP contribution in [0.15, 0.2) is 18.7 Å². The van der Waals surface area contributed by atoms with E-state index in [4.69, 9.17) is 0 Å². The van der Waals surface area contributed by atoms with Crippen LogP contribution < -0.4 is 5.32 Å². The van der Waals surface area contributed by atoms with E-state index in [1.54, 1.807) is 6.33 Å². The number of rotatable bonds is 6. The highest BCUT2D eigenvalue weighted by molar-refractivity contribution is 5.00. The third-order valence-electron chi connectivity index (χ3n) is 2.56. The van der Waals surface area contributed by atoms with Crippen molar-refractivity contribution in [2.24, 2.45) is 7.05 Å². The fourth-order valence-electron chi connectivity index (χ4n) is 1.59. The molecule has 0 atom stereocenters. The van der Waals surface area contributed by atoms with E-state index in [1.807, 2.05) is 28.7 Å². The lowest BCUT2D eigenvalue weighted by molar-refractivity contribution is 0.619. The molecule has 0 aliphatic rings. The molecule has 6 heteroatoms. The highest BCUT2D eigenvalue weighted by Crippen LogP contribution is 2.00. The molecule has 92 valence electrons. The van der Waals surface area contributed by atoms with E-state index in [0.29, 0.717) is 6.54 Å². The first-order valence-electron chi connectivity index (χ1n) is 5.84. The van der Waals surface area contributed by atoms with Gasteiger partial charge >= 0.3 is 0 Å². The van der Waals surface area contributed by atoms with Gasteiger partial charge in [0.25, 0.3) is 0 Å². The molecule has 2 aromatic rings. The number of hydrogen-bond donors (Lipinski definition) is 1. The minimum atomic E-state index is 0.706. The summed E-state index contributed by atoms with van der Waals surface area (Å²) >= 11 is 0. The van der Waals surface area contributed by atoms with Gasteiger partial charge in [0.05, 0.1) is 36.7 Å². The van der Waals surface area contributed by atoms with Crippen LogP contribution >= 0.6 is 0 Å². The van der Waals surface area contributed by atoms with Crippen LogP contribution in [0.5, 0.6) is 0 Å². The highest BCUT2D eigenvalue weighted by Gasteiger charge is 2.03. The van der Waals surface area contributed by atoms with Gasteiger partial charge < -0.3 is 9.88 Å². The van der Waals surface area contributed by atoms with Crippen molar-refractivity contribution < 1.29 is 0 Å². The summed E-state index contributed by atoms with van der Waals surface area (Å²) in [5, 5.41) is 11.5. The number of aromatic nitrogens is 5. The van der Waals surface area contributed by atoms with E-state index in [0.717, 1.165) is 30.9 Å². The molecule has 0 aliphatic heterocycles. The van der Waals surface area contributed by atoms with Crippen molar-refractivity contribution in [3.8, 4) is 0 Å². The number of hydrogen-bond acceptors (Lipinski definition) is 4. The molecule has 0 saturated carbocycles. The van der Waals surface area contributed by atoms with Crippen molar-refractivity contribution in [2.75, 3.05) is 6.54 Å². The lowest BCUT2D eigenvalue weighted by Gasteiger charge is -2.00. The van der Waals surface area contributed by atoms with Crippen LogP contribution in [0.3, 0.4) is 0 Å². The summed E-state index contributed by atoms with van der Waals surface area (Å²) in [6.07, 6.45) is 6.73. The van der Waals surface area contributed by atoms with Gasteiger partial charge in [-0.3, -0.25) is 0 Å². The standard InChI is InChI=1S/C11H18N6/c1-3-4-12-5-10-7-17(15-14-10)8-11-6-13-9-16(11)2/h6-7,9,12H,3-5,8H2,1-2H3. The molecule has 2 aromatic heterocycles. The molecule has 0 amide bonds. The molecule has 0 fully saturated rings. The molecular weight excluding hydrogens is 216 g/mol. The second-order valence-corrected chi connectivity index (χ2v) is 4.08. The molecule has 2 heterocycles. The van der Waals surface area contributed by atoms with E-state index < -0.39 is 0 Å². The topological polar surface area (TPSA) is 60.6 Å². The zero-order chi connectivity index (χ0) is 12.1. The van der Waals surface area contributed by atoms with Gasteiger partial charge in [-0.25, -0.2) is 9.67 Å². The number of nitrogens with one attached hydrogen (secondary N) is 1. The molecule has 17 heavy (non-hydrogen) atoms. The van der Waals surface area contributed by atoms with E-state index in [1.165, 1.54) is 0 Å². The van der Waals surface area contributed by atoms with Crippen molar-refractivity contribution >= 4 is 0 Å². The largest absolute Gasteiger partial charge is 0.336 e. The fourth-order valence-corrected chi connectivity index (χ4v) is 1.59. The summed E-state index contributed by atoms with van der Waals surface area (Å²) in [4.78, 5) is 4.07. The van der Waals surface area contributed by atoms with E-state index in [-0.39, 0.29) is 0 Å². The minimum Gasteiger partial charge on any atom is -0.336 e. The first kappa shape index (κ1) is 11.8. The van der Waals surface area contributed by atoms with Crippen LogP contribution in [0.1, 0.15) is 24.7 Å². The summed E-state index contributed by atoms with van der Waals surface area (Å²) in [5.41, 5.74) is 2.09. The summed E-state index contributed by atoms with van der Waals surface area (Å²) in [6, 6.07) is 0. The van der Waals surface area contributed by atoms with Crippen LogP contribution in [0, 0.1) is 0 Å². The van der Waals surface area contributed by atoms with E-state index in [9.17, 15) is 0 Å². The second kappa shape index (κ2) is 5.58. The summed E-state index contributed by atoms with van der Waals surface area (Å²) in [5.74, 6) is 0. The predicted octanol–water partition coefficient (Wildman–Crippen LogP) is 0.559. The fraction of sp³-hybridized carbons (Fsp3) is 0.545. The zero-order valence-electron chi connectivity index (χ0n) is 10.3. The normalized spacial score (nSPS) is 10.9. The lowest BCUT2D eigenvalue weighted by atomic mass is 10.4. The molecule has 0 saturated heterocycles. The molecule has 0 radical (unpaired) electrons. The van der Waals surface area contributed by atoms with Gasteiger partial charge in [0.15, 0.2) is 0 Å². The Labute approximate surface area is 101 Å². The Hall–Kier alpha value is -1.69. The Balaban J connectivity index is 1.92. The average Bonchev–Trinajstić information content (AvgIpc) is 2.91. The molecule has 2 rings (SSSR count). The number of aryl methyl sites for hydroxylation is 1. The van der Waals surface area contributed by atoms with E-state index in [2.05, 4.69) is 27.5 Å². The minimum absolute atomic E-state index is 0.706. The first-order chi connectivity index (χ1) is 8.29. The van der Waals surface area contributed by atoms with Gasteiger partial charge in [0.1, 0.15) is 0 Å². The molecule has 6 nitrogen and oxygen atoms in total. The van der Waals surface area contributed by atoms with Gasteiger partial charge in [-0.2, -0.15) is 0 Å². The van der Waals surface area contributed by atoms with Crippen molar-refractivity contribution in [3.05, 3.63) is 30.1 Å². The third-order valence-corrected chi connectivity index (χ3v) is 2.56. The second-order valence-electron chi connectivity index (χ2n) is 4.08. The molecule has 0 spiro atoms. The SMILES string of the molecule is CCCNCc1cn(Cc2cncn2C)nn1. The zero-order valence-corrected chi connectivity index (χ0v) is 10.3. The van der Waals surface area contributed by atoms with Crippen LogP contribution in [0.2, 0.25) is 0 Å². The lowest BCUT2D eigenvalue weighted by Crippen LogP contribution is -2.13. The summed E-state index contributed by atoms with van der Waals surface area (Å²) in [7, 11) is 1.98. The Kier molecular flexibility index (Phi) is 3.87. The monoisotopic (exact) mass is 234 g/mol. The quantitative estimate of drug-likeness (QED) is 0.742. The van der Waals surface area contributed by atoms with Gasteiger partial charge in [0, 0.05) is 13.6 Å². The van der Waals surface area contributed by atoms with Gasteiger partial charge in [-0.1, -0.05) is 12.1 Å². The third kappa shape index (κ3) is 3.13. The maximum atomic E-state index is 4.12. The number of nitrogens with zero attached hydrogens (tertiary/aromatic N) is 5. The maximum Gasteiger partial charge on any atom is 0.0964 e. The van der Waals surface area contributed by atoms with Gasteiger partial charge in [-0.15, -0.1) is 5.10 Å². The summed E-state index contributed by atoms with van der Waals surface area (Å²) in [6.45, 7) is 4.64. The van der Waals surface area contributed by atoms with Crippen LogP contribution in [-0.2, 0) is 20.1 Å². The Morgan fingerprint density at radius 1 is 1.41 bits per heavy atom. The number of imidazole rings is 1. The maximum absolute atomic E-state index is 4.12. The van der Waals surface area contributed by atoms with Gasteiger partial charge in [0.2, 0.25) is 0 Å². The molecule has 0 unspecified atom stereocenters. The van der Waals surface area contributed by atoms with Crippen molar-refractivity contribution in [3.63, 3.8) is 0 Å². The smallest absolute Gasteiger partial charge is 0.0964 e. The van der Waals surface area contributed by atoms with Crippen molar-refractivity contribution in [1.82, 2.24) is 29.9 Å². The molecule has 0 bridgehead atoms. The average molecular weight is 234 g/mol. The molecule has 0 aromatic carbocycles. The van der Waals surface area contributed by atoms with Crippen molar-refractivity contribution in [2.45, 2.75) is 26.4 Å². The Morgan fingerprint density at radius 3 is 3.00 bits per heavy atom. The highest BCUT2D eigenvalue weighted by atomic mass is 15.4. The molecule has 1 N–H and O–H groups in total. The van der Waals surface area contributed by atoms with Gasteiger partial charge in [-0.05, 0) is 13.0 Å². The van der Waals surface area contributed by atoms with Crippen LogP contribution in [-0.4, -0.2) is 31.1 Å². The summed E-state index contributed by atoms with van der Waals surface area (Å²) < 4.78 is 3.82. The van der Waals surface area contributed by atoms with Crippen LogP contribution in [0.4, 0.5) is 0 Å². The van der Waals surface area contributed by atoms with E-state index >= 15 is 0 Å². The Morgan fingerprint density at radius 2 is 2.29 bits per heavy atom. The Bertz CT molecular complexity index is 458. The predicted molar refractivity (Wildman–Crippen MR) is 64.3 cm³/mol.